The van der Waals surface area contributed by atoms with Crippen LogP contribution in [0.1, 0.15) is 59.6 Å². The highest BCUT2D eigenvalue weighted by Gasteiger charge is 2.44. The predicted octanol–water partition coefficient (Wildman–Crippen LogP) is 1.76. The van der Waals surface area contributed by atoms with Crippen molar-refractivity contribution in [1.82, 2.24) is 0 Å². The van der Waals surface area contributed by atoms with Gasteiger partial charge in [0.1, 0.15) is 36.1 Å². The summed E-state index contributed by atoms with van der Waals surface area (Å²) in [5.74, 6) is 6.12. The Kier molecular flexibility index (Phi) is 7.20. The average molecular weight is 453 g/mol. The van der Waals surface area contributed by atoms with E-state index in [2.05, 4.69) is 11.8 Å². The summed E-state index contributed by atoms with van der Waals surface area (Å²) in [5, 5.41) is 50.5. The molecule has 1 unspecified atom stereocenters. The van der Waals surface area contributed by atoms with Gasteiger partial charge in [0.15, 0.2) is 0 Å². The molecule has 1 heterocycles. The van der Waals surface area contributed by atoms with E-state index >= 15 is 0 Å². The van der Waals surface area contributed by atoms with Gasteiger partial charge in [0.25, 0.3) is 0 Å². The fourth-order valence-electron chi connectivity index (χ4n) is 4.64. The van der Waals surface area contributed by atoms with Crippen LogP contribution in [-0.4, -0.2) is 62.2 Å². The number of aliphatic hydroxyl groups is 5. The molecular weight excluding hydrogens is 420 g/mol. The summed E-state index contributed by atoms with van der Waals surface area (Å²) in [6, 6.07) is 13.7. The van der Waals surface area contributed by atoms with Crippen LogP contribution in [0.25, 0.3) is 0 Å². The molecule has 1 aliphatic carbocycles. The van der Waals surface area contributed by atoms with Crippen LogP contribution in [0.3, 0.4) is 0 Å². The summed E-state index contributed by atoms with van der Waals surface area (Å²) in [7, 11) is 0. The summed E-state index contributed by atoms with van der Waals surface area (Å²) in [5.41, 5.74) is 3.92. The van der Waals surface area contributed by atoms with Crippen molar-refractivity contribution in [3.63, 3.8) is 0 Å². The highest BCUT2D eigenvalue weighted by molar-refractivity contribution is 5.41. The Hall–Kier alpha value is -2.24. The maximum Gasteiger partial charge on any atom is 0.125 e. The van der Waals surface area contributed by atoms with Gasteiger partial charge in [0.2, 0.25) is 0 Å². The van der Waals surface area contributed by atoms with E-state index < -0.39 is 42.7 Å². The molecule has 4 rings (SSSR count). The molecule has 0 radical (unpaired) electrons. The number of ether oxygens (including phenoxy) is 1. The molecule has 1 aliphatic heterocycles. The highest BCUT2D eigenvalue weighted by Crippen LogP contribution is 2.33. The normalized spacial score (nSPS) is 28.8. The minimum Gasteiger partial charge on any atom is -0.394 e. The second-order valence-electron chi connectivity index (χ2n) is 9.30. The number of aryl methyl sites for hydroxylation is 1. The number of hydrogen-bond acceptors (Lipinski definition) is 6. The molecule has 1 saturated carbocycles. The summed E-state index contributed by atoms with van der Waals surface area (Å²) in [4.78, 5) is 0. The van der Waals surface area contributed by atoms with Crippen molar-refractivity contribution >= 4 is 0 Å². The topological polar surface area (TPSA) is 110 Å². The zero-order valence-electron chi connectivity index (χ0n) is 18.8. The number of hydrogen-bond donors (Lipinski definition) is 5. The first kappa shape index (κ1) is 23.9. The highest BCUT2D eigenvalue weighted by atomic mass is 16.5. The quantitative estimate of drug-likeness (QED) is 0.452. The summed E-state index contributed by atoms with van der Waals surface area (Å²) < 4.78 is 5.71. The molecule has 2 aliphatic rings. The van der Waals surface area contributed by atoms with Gasteiger partial charge in [-0.05, 0) is 73.4 Å². The predicted molar refractivity (Wildman–Crippen MR) is 123 cm³/mol. The first-order valence-corrected chi connectivity index (χ1v) is 11.5. The van der Waals surface area contributed by atoms with Crippen molar-refractivity contribution in [2.75, 3.05) is 6.61 Å². The van der Waals surface area contributed by atoms with Gasteiger partial charge in [-0.3, -0.25) is 0 Å². The van der Waals surface area contributed by atoms with Gasteiger partial charge >= 0.3 is 0 Å². The van der Waals surface area contributed by atoms with Crippen LogP contribution in [0, 0.1) is 18.8 Å². The van der Waals surface area contributed by atoms with Gasteiger partial charge in [-0.25, -0.2) is 0 Å². The molecule has 5 N–H and O–H groups in total. The zero-order valence-corrected chi connectivity index (χ0v) is 18.8. The Morgan fingerprint density at radius 1 is 0.970 bits per heavy atom. The Morgan fingerprint density at radius 3 is 2.33 bits per heavy atom. The second-order valence-corrected chi connectivity index (χ2v) is 9.30. The van der Waals surface area contributed by atoms with Gasteiger partial charge in [0, 0.05) is 5.56 Å². The maximum absolute atomic E-state index is 10.5. The maximum atomic E-state index is 10.5. The van der Waals surface area contributed by atoms with Crippen molar-refractivity contribution in [3.05, 3.63) is 70.3 Å². The molecule has 0 aromatic heterocycles. The Bertz CT molecular complexity index is 1010. The van der Waals surface area contributed by atoms with Gasteiger partial charge in [0.05, 0.1) is 6.61 Å². The van der Waals surface area contributed by atoms with Crippen LogP contribution >= 0.6 is 0 Å². The van der Waals surface area contributed by atoms with Crippen LogP contribution in [0.5, 0.6) is 0 Å². The summed E-state index contributed by atoms with van der Waals surface area (Å²) in [6.07, 6.45) is -1.68. The number of rotatable bonds is 4. The number of benzene rings is 2. The van der Waals surface area contributed by atoms with Crippen molar-refractivity contribution in [1.29, 1.82) is 0 Å². The molecule has 1 saturated heterocycles. The molecule has 5 atom stereocenters. The van der Waals surface area contributed by atoms with Crippen molar-refractivity contribution in [2.45, 2.75) is 75.1 Å². The lowest BCUT2D eigenvalue weighted by Crippen LogP contribution is -2.55. The third-order valence-corrected chi connectivity index (χ3v) is 6.81. The Balaban J connectivity index is 1.50. The van der Waals surface area contributed by atoms with E-state index in [0.29, 0.717) is 12.0 Å². The van der Waals surface area contributed by atoms with Gasteiger partial charge < -0.3 is 30.3 Å². The standard InChI is InChI=1S/C27H32O6/c1-17-4-9-20(26-25(31)24(30)23(29)22(16-28)33-26)15-21(17)14-19-7-5-18(6-8-19)10-13-27(32)11-2-3-12-27/h4-9,15,22-26,28-32H,2-3,11-12,14,16H2,1H3/t22-,23-,24+,25-,26?/m1/s1. The number of aliphatic hydroxyl groups excluding tert-OH is 4. The van der Waals surface area contributed by atoms with E-state index in [1.54, 1.807) is 0 Å². The van der Waals surface area contributed by atoms with Gasteiger partial charge in [-0.1, -0.05) is 42.2 Å². The summed E-state index contributed by atoms with van der Waals surface area (Å²) in [6.45, 7) is 1.56. The molecule has 2 aromatic carbocycles. The average Bonchev–Trinajstić information content (AvgIpc) is 3.25. The zero-order chi connectivity index (χ0) is 23.6. The largest absolute Gasteiger partial charge is 0.394 e. The van der Waals surface area contributed by atoms with Crippen LogP contribution in [0.4, 0.5) is 0 Å². The van der Waals surface area contributed by atoms with E-state index in [4.69, 9.17) is 4.74 Å². The fourth-order valence-corrected chi connectivity index (χ4v) is 4.64. The van der Waals surface area contributed by atoms with Gasteiger partial charge in [-0.2, -0.15) is 0 Å². The Morgan fingerprint density at radius 2 is 1.67 bits per heavy atom. The lowest BCUT2D eigenvalue weighted by atomic mass is 9.89. The third-order valence-electron chi connectivity index (χ3n) is 6.81. The van der Waals surface area contributed by atoms with Crippen molar-refractivity contribution in [2.24, 2.45) is 0 Å². The molecule has 6 nitrogen and oxygen atoms in total. The van der Waals surface area contributed by atoms with Crippen LogP contribution in [0.2, 0.25) is 0 Å². The molecule has 0 bridgehead atoms. The third kappa shape index (κ3) is 5.30. The van der Waals surface area contributed by atoms with Crippen LogP contribution in [0.15, 0.2) is 42.5 Å². The summed E-state index contributed by atoms with van der Waals surface area (Å²) >= 11 is 0. The van der Waals surface area contributed by atoms with Gasteiger partial charge in [-0.15, -0.1) is 0 Å². The fraction of sp³-hybridized carbons (Fsp3) is 0.481. The molecular formula is C27H32O6. The van der Waals surface area contributed by atoms with Crippen molar-refractivity contribution < 1.29 is 30.3 Å². The van der Waals surface area contributed by atoms with Crippen molar-refractivity contribution in [3.8, 4) is 11.8 Å². The molecule has 2 aromatic rings. The monoisotopic (exact) mass is 452 g/mol. The smallest absolute Gasteiger partial charge is 0.125 e. The van der Waals surface area contributed by atoms with E-state index in [1.807, 2.05) is 49.4 Å². The first-order chi connectivity index (χ1) is 15.8. The molecule has 33 heavy (non-hydrogen) atoms. The molecule has 0 spiro atoms. The van der Waals surface area contributed by atoms with E-state index in [9.17, 15) is 25.5 Å². The second kappa shape index (κ2) is 9.94. The lowest BCUT2D eigenvalue weighted by molar-refractivity contribution is -0.231. The minimum atomic E-state index is -1.40. The minimum absolute atomic E-state index is 0.452. The van der Waals surface area contributed by atoms with Crippen LogP contribution < -0.4 is 0 Å². The molecule has 0 amide bonds. The SMILES string of the molecule is Cc1ccc(C2O[C@H](CO)[C@@H](O)[C@H](O)[C@H]2O)cc1Cc1ccc(C#CC2(O)CCCC2)cc1. The van der Waals surface area contributed by atoms with Crippen LogP contribution in [-0.2, 0) is 11.2 Å². The lowest BCUT2D eigenvalue weighted by Gasteiger charge is -2.40. The molecule has 2 fully saturated rings. The van der Waals surface area contributed by atoms with E-state index in [-0.39, 0.29) is 0 Å². The molecule has 6 heteroatoms. The first-order valence-electron chi connectivity index (χ1n) is 11.5. The Labute approximate surface area is 194 Å². The van der Waals surface area contributed by atoms with E-state index in [1.165, 1.54) is 0 Å². The van der Waals surface area contributed by atoms with E-state index in [0.717, 1.165) is 47.9 Å². The molecule has 176 valence electrons.